The van der Waals surface area contributed by atoms with Crippen molar-refractivity contribution in [3.05, 3.63) is 11.4 Å². The van der Waals surface area contributed by atoms with E-state index in [-0.39, 0.29) is 0 Å². The van der Waals surface area contributed by atoms with E-state index < -0.39 is 10.0 Å². The minimum atomic E-state index is -3.43. The molecule has 6 nitrogen and oxygen atoms in total. The molecule has 1 aromatic rings. The molecule has 1 saturated heterocycles. The topological polar surface area (TPSA) is 81.2 Å². The molecule has 7 heteroatoms. The molecule has 0 bridgehead atoms. The molecular weight excluding hydrogens is 288 g/mol. The van der Waals surface area contributed by atoms with Crippen molar-refractivity contribution < 1.29 is 8.42 Å². The van der Waals surface area contributed by atoms with Gasteiger partial charge in [-0.3, -0.25) is 4.68 Å². The van der Waals surface area contributed by atoms with Crippen LogP contribution >= 0.6 is 0 Å². The Hall–Kier alpha value is -0.920. The number of piperidine rings is 1. The van der Waals surface area contributed by atoms with Gasteiger partial charge in [-0.05, 0) is 45.6 Å². The van der Waals surface area contributed by atoms with Gasteiger partial charge in [-0.1, -0.05) is 6.92 Å². The second-order valence-corrected chi connectivity index (χ2v) is 7.83. The van der Waals surface area contributed by atoms with E-state index in [2.05, 4.69) is 12.0 Å². The van der Waals surface area contributed by atoms with Crippen molar-refractivity contribution in [2.75, 3.05) is 19.6 Å². The predicted molar refractivity (Wildman–Crippen MR) is 82.5 cm³/mol. The second-order valence-electron chi connectivity index (χ2n) is 5.95. The molecule has 0 atom stereocenters. The number of sulfonamides is 1. The Morgan fingerprint density at radius 3 is 2.48 bits per heavy atom. The Kier molecular flexibility index (Phi) is 5.06. The van der Waals surface area contributed by atoms with Crippen LogP contribution in [0.3, 0.4) is 0 Å². The summed E-state index contributed by atoms with van der Waals surface area (Å²) in [6, 6.07) is 0. The van der Waals surface area contributed by atoms with Crippen molar-refractivity contribution in [2.24, 2.45) is 11.7 Å². The molecule has 0 radical (unpaired) electrons. The molecule has 0 spiro atoms. The smallest absolute Gasteiger partial charge is 0.246 e. The summed E-state index contributed by atoms with van der Waals surface area (Å²) in [7, 11) is -3.43. The van der Waals surface area contributed by atoms with Crippen molar-refractivity contribution in [3.8, 4) is 0 Å². The van der Waals surface area contributed by atoms with Crippen LogP contribution in [0, 0.1) is 19.8 Å². The average molecular weight is 314 g/mol. The van der Waals surface area contributed by atoms with E-state index in [4.69, 9.17) is 5.73 Å². The summed E-state index contributed by atoms with van der Waals surface area (Å²) in [5, 5.41) is 4.38. The van der Waals surface area contributed by atoms with E-state index in [1.807, 2.05) is 6.92 Å². The van der Waals surface area contributed by atoms with Crippen LogP contribution in [-0.4, -0.2) is 42.1 Å². The van der Waals surface area contributed by atoms with Gasteiger partial charge >= 0.3 is 0 Å². The third-order valence-electron chi connectivity index (χ3n) is 4.23. The van der Waals surface area contributed by atoms with E-state index in [9.17, 15) is 8.42 Å². The van der Waals surface area contributed by atoms with Crippen LogP contribution in [0.2, 0.25) is 0 Å². The van der Waals surface area contributed by atoms with Crippen molar-refractivity contribution >= 4 is 10.0 Å². The molecule has 21 heavy (non-hydrogen) atoms. The number of hydrogen-bond donors (Lipinski definition) is 1. The zero-order valence-corrected chi connectivity index (χ0v) is 14.0. The third kappa shape index (κ3) is 3.30. The Morgan fingerprint density at radius 2 is 1.90 bits per heavy atom. The maximum atomic E-state index is 12.9. The fourth-order valence-electron chi connectivity index (χ4n) is 2.87. The maximum Gasteiger partial charge on any atom is 0.246 e. The van der Waals surface area contributed by atoms with Crippen LogP contribution in [0.5, 0.6) is 0 Å². The molecule has 0 saturated carbocycles. The van der Waals surface area contributed by atoms with Gasteiger partial charge < -0.3 is 5.73 Å². The first-order chi connectivity index (χ1) is 9.87. The molecule has 0 amide bonds. The largest absolute Gasteiger partial charge is 0.330 e. The van der Waals surface area contributed by atoms with Crippen LogP contribution in [-0.2, 0) is 16.6 Å². The Labute approximate surface area is 127 Å². The lowest BCUT2D eigenvalue weighted by Gasteiger charge is -2.29. The molecule has 2 rings (SSSR count). The van der Waals surface area contributed by atoms with Gasteiger partial charge in [0.2, 0.25) is 10.0 Å². The van der Waals surface area contributed by atoms with Crippen LogP contribution < -0.4 is 5.73 Å². The number of aryl methyl sites for hydroxylation is 2. The van der Waals surface area contributed by atoms with Gasteiger partial charge in [0.25, 0.3) is 0 Å². The molecule has 0 aromatic carbocycles. The first kappa shape index (κ1) is 16.5. The summed E-state index contributed by atoms with van der Waals surface area (Å²) < 4.78 is 29.1. The quantitative estimate of drug-likeness (QED) is 0.887. The van der Waals surface area contributed by atoms with E-state index in [1.54, 1.807) is 15.9 Å². The minimum absolute atomic E-state index is 0.383. The highest BCUT2D eigenvalue weighted by atomic mass is 32.2. The molecule has 2 heterocycles. The highest BCUT2D eigenvalue weighted by molar-refractivity contribution is 7.89. The number of hydrogen-bond acceptors (Lipinski definition) is 4. The first-order valence-electron chi connectivity index (χ1n) is 7.62. The number of nitrogens with zero attached hydrogens (tertiary/aromatic N) is 3. The van der Waals surface area contributed by atoms with Gasteiger partial charge in [0.15, 0.2) is 0 Å². The minimum Gasteiger partial charge on any atom is -0.330 e. The number of aromatic nitrogens is 2. The van der Waals surface area contributed by atoms with E-state index in [0.717, 1.165) is 25.0 Å². The summed E-state index contributed by atoms with van der Waals surface area (Å²) in [6.45, 7) is 8.22. The number of nitrogens with two attached hydrogens (primary N) is 1. The summed E-state index contributed by atoms with van der Waals surface area (Å²) >= 11 is 0. The van der Waals surface area contributed by atoms with Gasteiger partial charge in [-0.2, -0.15) is 9.40 Å². The van der Waals surface area contributed by atoms with Gasteiger partial charge in [0, 0.05) is 19.6 Å². The lowest BCUT2D eigenvalue weighted by atomic mass is 10.0. The molecule has 1 aliphatic rings. The Balaban J connectivity index is 2.29. The predicted octanol–water partition coefficient (Wildman–Crippen LogP) is 1.27. The third-order valence-corrected chi connectivity index (χ3v) is 6.38. The summed E-state index contributed by atoms with van der Waals surface area (Å²) in [4.78, 5) is 0.383. The number of rotatable bonds is 5. The van der Waals surface area contributed by atoms with E-state index in [0.29, 0.717) is 42.7 Å². The first-order valence-corrected chi connectivity index (χ1v) is 9.06. The van der Waals surface area contributed by atoms with Crippen LogP contribution in [0.1, 0.15) is 37.6 Å². The van der Waals surface area contributed by atoms with Crippen LogP contribution in [0.4, 0.5) is 0 Å². The summed E-state index contributed by atoms with van der Waals surface area (Å²) in [6.07, 6.45) is 2.65. The maximum absolute atomic E-state index is 12.9. The molecule has 0 unspecified atom stereocenters. The summed E-state index contributed by atoms with van der Waals surface area (Å²) in [5.41, 5.74) is 6.83. The van der Waals surface area contributed by atoms with Gasteiger partial charge in [-0.15, -0.1) is 0 Å². The average Bonchev–Trinajstić information content (AvgIpc) is 2.72. The zero-order chi connectivity index (χ0) is 15.6. The Morgan fingerprint density at radius 1 is 1.29 bits per heavy atom. The molecule has 1 aliphatic heterocycles. The molecular formula is C14H26N4O2S. The molecule has 120 valence electrons. The lowest BCUT2D eigenvalue weighted by molar-refractivity contribution is 0.288. The van der Waals surface area contributed by atoms with Crippen molar-refractivity contribution in [2.45, 2.75) is 51.5 Å². The monoisotopic (exact) mass is 314 g/mol. The molecule has 0 aliphatic carbocycles. The van der Waals surface area contributed by atoms with Crippen molar-refractivity contribution in [1.82, 2.24) is 14.1 Å². The highest BCUT2D eigenvalue weighted by Gasteiger charge is 2.32. The zero-order valence-electron chi connectivity index (χ0n) is 13.2. The Bertz CT molecular complexity index is 586. The lowest BCUT2D eigenvalue weighted by Crippen LogP contribution is -2.38. The van der Waals surface area contributed by atoms with Gasteiger partial charge in [0.1, 0.15) is 4.90 Å². The molecule has 2 N–H and O–H groups in total. The highest BCUT2D eigenvalue weighted by Crippen LogP contribution is 2.27. The fourth-order valence-corrected chi connectivity index (χ4v) is 4.71. The standard InChI is InChI=1S/C14H26N4O2S/c1-11-5-9-17(10-6-11)21(19,20)14-12(2)16-18(13(14)3)8-4-7-15/h11H,4-10,15H2,1-3H3. The SMILES string of the molecule is Cc1nn(CCCN)c(C)c1S(=O)(=O)N1CCC(C)CC1. The van der Waals surface area contributed by atoms with Crippen molar-refractivity contribution in [3.63, 3.8) is 0 Å². The normalized spacial score (nSPS) is 18.3. The van der Waals surface area contributed by atoms with Gasteiger partial charge in [0.05, 0.1) is 11.4 Å². The van der Waals surface area contributed by atoms with E-state index >= 15 is 0 Å². The second kappa shape index (κ2) is 6.46. The van der Waals surface area contributed by atoms with Crippen molar-refractivity contribution in [1.29, 1.82) is 0 Å². The van der Waals surface area contributed by atoms with Crippen LogP contribution in [0.25, 0.3) is 0 Å². The van der Waals surface area contributed by atoms with Gasteiger partial charge in [-0.25, -0.2) is 8.42 Å². The molecule has 1 aromatic heterocycles. The fraction of sp³-hybridized carbons (Fsp3) is 0.786. The van der Waals surface area contributed by atoms with Crippen LogP contribution in [0.15, 0.2) is 4.90 Å². The summed E-state index contributed by atoms with van der Waals surface area (Å²) in [5.74, 6) is 0.603. The van der Waals surface area contributed by atoms with E-state index in [1.165, 1.54) is 0 Å². The molecule has 1 fully saturated rings.